The molecule has 0 heterocycles. The fraction of sp³-hybridized carbons (Fsp3) is 0.222. The highest BCUT2D eigenvalue weighted by molar-refractivity contribution is 6.30. The topological polar surface area (TPSA) is 73.9 Å². The maximum atomic E-state index is 11.7. The molecule has 132 valence electrons. The van der Waals surface area contributed by atoms with Crippen molar-refractivity contribution in [3.05, 3.63) is 59.1 Å². The Morgan fingerprint density at radius 3 is 2.20 bits per heavy atom. The van der Waals surface area contributed by atoms with Gasteiger partial charge in [-0.2, -0.15) is 0 Å². The number of methoxy groups -OCH3 is 1. The third-order valence-electron chi connectivity index (χ3n) is 3.15. The summed E-state index contributed by atoms with van der Waals surface area (Å²) >= 11 is 5.78. The standard InChI is InChI=1S/C18H18ClNO5/c1-23-18(22)13-2-6-16(7-3-13)25-12-17(21)20-10-11-24-15-8-4-14(19)5-9-15/h2-9H,10-12H2,1H3,(H,20,21). The number of hydrogen-bond donors (Lipinski definition) is 1. The third-order valence-corrected chi connectivity index (χ3v) is 3.40. The fourth-order valence-electron chi connectivity index (χ4n) is 1.90. The molecule has 0 spiro atoms. The van der Waals surface area contributed by atoms with Crippen molar-refractivity contribution in [1.82, 2.24) is 5.32 Å². The predicted octanol–water partition coefficient (Wildman–Crippen LogP) is 2.70. The zero-order chi connectivity index (χ0) is 18.1. The second-order valence-electron chi connectivity index (χ2n) is 4.96. The largest absolute Gasteiger partial charge is 0.492 e. The molecule has 0 aliphatic rings. The molecule has 25 heavy (non-hydrogen) atoms. The fourth-order valence-corrected chi connectivity index (χ4v) is 2.02. The van der Waals surface area contributed by atoms with Gasteiger partial charge in [0.1, 0.15) is 18.1 Å². The van der Waals surface area contributed by atoms with Crippen LogP contribution < -0.4 is 14.8 Å². The first kappa shape index (κ1) is 18.6. The van der Waals surface area contributed by atoms with Crippen LogP contribution in [0.15, 0.2) is 48.5 Å². The molecule has 2 aromatic rings. The molecule has 0 aromatic heterocycles. The van der Waals surface area contributed by atoms with E-state index in [1.165, 1.54) is 7.11 Å². The Morgan fingerprint density at radius 2 is 1.56 bits per heavy atom. The average Bonchev–Trinajstić information content (AvgIpc) is 2.64. The maximum Gasteiger partial charge on any atom is 0.337 e. The summed E-state index contributed by atoms with van der Waals surface area (Å²) in [4.78, 5) is 23.0. The summed E-state index contributed by atoms with van der Waals surface area (Å²) in [6.07, 6.45) is 0. The van der Waals surface area contributed by atoms with Gasteiger partial charge in [-0.25, -0.2) is 4.79 Å². The monoisotopic (exact) mass is 363 g/mol. The van der Waals surface area contributed by atoms with Crippen molar-refractivity contribution in [2.75, 3.05) is 26.9 Å². The molecule has 0 saturated heterocycles. The summed E-state index contributed by atoms with van der Waals surface area (Å²) in [6.45, 7) is 0.561. The van der Waals surface area contributed by atoms with Gasteiger partial charge in [0.25, 0.3) is 5.91 Å². The quantitative estimate of drug-likeness (QED) is 0.576. The molecular formula is C18H18ClNO5. The van der Waals surface area contributed by atoms with E-state index in [9.17, 15) is 9.59 Å². The van der Waals surface area contributed by atoms with E-state index in [1.54, 1.807) is 48.5 Å². The van der Waals surface area contributed by atoms with E-state index in [0.29, 0.717) is 35.2 Å². The lowest BCUT2D eigenvalue weighted by atomic mass is 10.2. The van der Waals surface area contributed by atoms with Crippen LogP contribution in [-0.2, 0) is 9.53 Å². The molecule has 6 nitrogen and oxygen atoms in total. The number of halogens is 1. The first-order chi connectivity index (χ1) is 12.1. The molecule has 2 rings (SSSR count). The van der Waals surface area contributed by atoms with Crippen LogP contribution in [-0.4, -0.2) is 38.7 Å². The van der Waals surface area contributed by atoms with Crippen molar-refractivity contribution in [3.8, 4) is 11.5 Å². The highest BCUT2D eigenvalue weighted by Crippen LogP contribution is 2.15. The smallest absolute Gasteiger partial charge is 0.337 e. The summed E-state index contributed by atoms with van der Waals surface area (Å²) in [5, 5.41) is 3.32. The van der Waals surface area contributed by atoms with E-state index in [1.807, 2.05) is 0 Å². The maximum absolute atomic E-state index is 11.7. The summed E-state index contributed by atoms with van der Waals surface area (Å²) in [5.41, 5.74) is 0.415. The van der Waals surface area contributed by atoms with Crippen LogP contribution in [0.25, 0.3) is 0 Å². The number of esters is 1. The van der Waals surface area contributed by atoms with Crippen LogP contribution in [0.2, 0.25) is 5.02 Å². The average molecular weight is 364 g/mol. The Morgan fingerprint density at radius 1 is 0.960 bits per heavy atom. The molecule has 1 N–H and O–H groups in total. The molecule has 1 amide bonds. The second-order valence-corrected chi connectivity index (χ2v) is 5.39. The molecule has 0 aliphatic carbocycles. The molecule has 0 bridgehead atoms. The van der Waals surface area contributed by atoms with Crippen molar-refractivity contribution in [2.45, 2.75) is 0 Å². The number of hydrogen-bond acceptors (Lipinski definition) is 5. The highest BCUT2D eigenvalue weighted by atomic mass is 35.5. The van der Waals surface area contributed by atoms with Gasteiger partial charge in [-0.1, -0.05) is 11.6 Å². The Kier molecular flexibility index (Phi) is 7.10. The van der Waals surface area contributed by atoms with Gasteiger partial charge >= 0.3 is 5.97 Å². The van der Waals surface area contributed by atoms with Gasteiger partial charge in [-0.05, 0) is 48.5 Å². The van der Waals surface area contributed by atoms with Gasteiger partial charge in [-0.3, -0.25) is 4.79 Å². The lowest BCUT2D eigenvalue weighted by Gasteiger charge is -2.09. The molecule has 0 saturated carbocycles. The van der Waals surface area contributed by atoms with E-state index in [0.717, 1.165) is 0 Å². The number of carbonyl (C=O) groups is 2. The van der Waals surface area contributed by atoms with Gasteiger partial charge in [0.05, 0.1) is 19.2 Å². The van der Waals surface area contributed by atoms with Crippen molar-refractivity contribution < 1.29 is 23.8 Å². The lowest BCUT2D eigenvalue weighted by Crippen LogP contribution is -2.32. The Balaban J connectivity index is 1.65. The Labute approximate surface area is 150 Å². The van der Waals surface area contributed by atoms with Crippen LogP contribution in [0.5, 0.6) is 11.5 Å². The summed E-state index contributed by atoms with van der Waals surface area (Å²) in [5.74, 6) is 0.475. The third kappa shape index (κ3) is 6.35. The minimum atomic E-state index is -0.426. The van der Waals surface area contributed by atoms with E-state index in [-0.39, 0.29) is 12.5 Å². The minimum absolute atomic E-state index is 0.126. The summed E-state index contributed by atoms with van der Waals surface area (Å²) in [7, 11) is 1.31. The molecule has 7 heteroatoms. The minimum Gasteiger partial charge on any atom is -0.492 e. The molecule has 0 fully saturated rings. The van der Waals surface area contributed by atoms with Gasteiger partial charge < -0.3 is 19.5 Å². The SMILES string of the molecule is COC(=O)c1ccc(OCC(=O)NCCOc2ccc(Cl)cc2)cc1. The summed E-state index contributed by atoms with van der Waals surface area (Å²) in [6, 6.07) is 13.3. The number of ether oxygens (including phenoxy) is 3. The molecule has 0 atom stereocenters. The van der Waals surface area contributed by atoms with Crippen LogP contribution in [0.4, 0.5) is 0 Å². The first-order valence-electron chi connectivity index (χ1n) is 7.55. The van der Waals surface area contributed by atoms with Crippen molar-refractivity contribution >= 4 is 23.5 Å². The number of benzene rings is 2. The molecule has 0 radical (unpaired) electrons. The zero-order valence-electron chi connectivity index (χ0n) is 13.7. The summed E-state index contributed by atoms with van der Waals surface area (Å²) < 4.78 is 15.4. The Bertz CT molecular complexity index is 700. The van der Waals surface area contributed by atoms with Crippen LogP contribution >= 0.6 is 11.6 Å². The molecule has 2 aromatic carbocycles. The van der Waals surface area contributed by atoms with Crippen molar-refractivity contribution in [3.63, 3.8) is 0 Å². The van der Waals surface area contributed by atoms with Crippen LogP contribution in [0.1, 0.15) is 10.4 Å². The van der Waals surface area contributed by atoms with E-state index in [4.69, 9.17) is 21.1 Å². The molecule has 0 aliphatic heterocycles. The van der Waals surface area contributed by atoms with Crippen LogP contribution in [0.3, 0.4) is 0 Å². The molecule has 0 unspecified atom stereocenters. The zero-order valence-corrected chi connectivity index (χ0v) is 14.4. The number of rotatable bonds is 8. The molecular weight excluding hydrogens is 346 g/mol. The van der Waals surface area contributed by atoms with Gasteiger partial charge in [-0.15, -0.1) is 0 Å². The predicted molar refractivity (Wildman–Crippen MR) is 93.2 cm³/mol. The van der Waals surface area contributed by atoms with Crippen molar-refractivity contribution in [1.29, 1.82) is 0 Å². The van der Waals surface area contributed by atoms with E-state index >= 15 is 0 Å². The normalized spacial score (nSPS) is 10.0. The van der Waals surface area contributed by atoms with Crippen molar-refractivity contribution in [2.24, 2.45) is 0 Å². The number of nitrogens with one attached hydrogen (secondary N) is 1. The van der Waals surface area contributed by atoms with E-state index in [2.05, 4.69) is 10.1 Å². The van der Waals surface area contributed by atoms with Gasteiger partial charge in [0.15, 0.2) is 6.61 Å². The van der Waals surface area contributed by atoms with Crippen LogP contribution in [0, 0.1) is 0 Å². The number of carbonyl (C=O) groups excluding carboxylic acids is 2. The Hall–Kier alpha value is -2.73. The van der Waals surface area contributed by atoms with Gasteiger partial charge in [0.2, 0.25) is 0 Å². The second kappa shape index (κ2) is 9.54. The lowest BCUT2D eigenvalue weighted by molar-refractivity contribution is -0.123. The van der Waals surface area contributed by atoms with E-state index < -0.39 is 5.97 Å². The first-order valence-corrected chi connectivity index (χ1v) is 7.92. The van der Waals surface area contributed by atoms with Gasteiger partial charge in [0, 0.05) is 5.02 Å². The number of amides is 1. The highest BCUT2D eigenvalue weighted by Gasteiger charge is 2.06.